The number of ether oxygens (including phenoxy) is 1. The van der Waals surface area contributed by atoms with E-state index in [1.54, 1.807) is 38.1 Å². The van der Waals surface area contributed by atoms with Crippen molar-refractivity contribution < 1.29 is 19.1 Å². The molecule has 0 radical (unpaired) electrons. The normalized spacial score (nSPS) is 13.6. The zero-order valence-electron chi connectivity index (χ0n) is 15.4. The zero-order chi connectivity index (χ0) is 19.4. The Labute approximate surface area is 158 Å². The minimum Gasteiger partial charge on any atom is -0.369 e. The van der Waals surface area contributed by atoms with Gasteiger partial charge in [0.05, 0.1) is 23.3 Å². The van der Waals surface area contributed by atoms with Crippen molar-refractivity contribution in [1.82, 2.24) is 10.2 Å². The minimum absolute atomic E-state index is 0.0667. The van der Waals surface area contributed by atoms with E-state index < -0.39 is 5.54 Å². The third kappa shape index (κ3) is 4.06. The number of benzene rings is 2. The number of carbonyl (C=O) groups is 3. The summed E-state index contributed by atoms with van der Waals surface area (Å²) in [6.45, 7) is 3.84. The molecule has 1 heterocycles. The van der Waals surface area contributed by atoms with E-state index in [0.717, 1.165) is 5.56 Å². The third-order valence-corrected chi connectivity index (χ3v) is 4.42. The molecular formula is C21H22N2O4. The maximum Gasteiger partial charge on any atom is 0.262 e. The van der Waals surface area contributed by atoms with Crippen molar-refractivity contribution in [3.05, 3.63) is 71.3 Å². The monoisotopic (exact) mass is 366 g/mol. The number of hydrogen-bond donors (Lipinski definition) is 1. The highest BCUT2D eigenvalue weighted by molar-refractivity contribution is 6.21. The lowest BCUT2D eigenvalue weighted by Crippen LogP contribution is -2.51. The van der Waals surface area contributed by atoms with E-state index in [2.05, 4.69) is 5.32 Å². The summed E-state index contributed by atoms with van der Waals surface area (Å²) in [4.78, 5) is 38.3. The number of nitrogens with one attached hydrogen (secondary N) is 1. The summed E-state index contributed by atoms with van der Waals surface area (Å²) in [6.07, 6.45) is 0. The van der Waals surface area contributed by atoms with E-state index in [9.17, 15) is 14.4 Å². The van der Waals surface area contributed by atoms with Crippen LogP contribution >= 0.6 is 0 Å². The number of amides is 3. The fraction of sp³-hybridized carbons (Fsp3) is 0.286. The molecule has 6 heteroatoms. The molecule has 0 bridgehead atoms. The molecule has 0 aromatic heterocycles. The summed E-state index contributed by atoms with van der Waals surface area (Å²) in [5, 5.41) is 2.78. The summed E-state index contributed by atoms with van der Waals surface area (Å²) < 4.78 is 5.50. The van der Waals surface area contributed by atoms with Gasteiger partial charge in [-0.3, -0.25) is 19.3 Å². The lowest BCUT2D eigenvalue weighted by Gasteiger charge is -2.33. The Morgan fingerprint density at radius 2 is 1.52 bits per heavy atom. The maximum atomic E-state index is 12.6. The first kappa shape index (κ1) is 18.8. The van der Waals surface area contributed by atoms with Crippen molar-refractivity contribution in [2.75, 3.05) is 13.2 Å². The molecule has 0 saturated heterocycles. The molecular weight excluding hydrogens is 344 g/mol. The largest absolute Gasteiger partial charge is 0.369 e. The second kappa shape index (κ2) is 7.72. The highest BCUT2D eigenvalue weighted by atomic mass is 16.5. The van der Waals surface area contributed by atoms with E-state index in [1.807, 2.05) is 30.3 Å². The number of hydrogen-bond acceptors (Lipinski definition) is 4. The van der Waals surface area contributed by atoms with E-state index in [4.69, 9.17) is 4.74 Å². The van der Waals surface area contributed by atoms with Gasteiger partial charge in [0.1, 0.15) is 6.61 Å². The second-order valence-corrected chi connectivity index (χ2v) is 7.06. The molecule has 140 valence electrons. The van der Waals surface area contributed by atoms with Crippen LogP contribution in [-0.2, 0) is 16.1 Å². The van der Waals surface area contributed by atoms with Crippen molar-refractivity contribution in [1.29, 1.82) is 0 Å². The first-order valence-electron chi connectivity index (χ1n) is 8.76. The Morgan fingerprint density at radius 1 is 0.963 bits per heavy atom. The van der Waals surface area contributed by atoms with Crippen LogP contribution in [0.2, 0.25) is 0 Å². The van der Waals surface area contributed by atoms with Gasteiger partial charge in [-0.25, -0.2) is 0 Å². The van der Waals surface area contributed by atoms with Gasteiger partial charge in [-0.1, -0.05) is 42.5 Å². The molecule has 0 unspecified atom stereocenters. The molecule has 0 spiro atoms. The first-order valence-corrected chi connectivity index (χ1v) is 8.76. The highest BCUT2D eigenvalue weighted by Gasteiger charge is 2.44. The molecule has 0 atom stereocenters. The molecule has 6 nitrogen and oxygen atoms in total. The van der Waals surface area contributed by atoms with Gasteiger partial charge in [-0.15, -0.1) is 0 Å². The van der Waals surface area contributed by atoms with Crippen LogP contribution in [0.5, 0.6) is 0 Å². The first-order chi connectivity index (χ1) is 12.9. The van der Waals surface area contributed by atoms with Crippen LogP contribution in [0.25, 0.3) is 0 Å². The number of nitrogens with zero attached hydrogens (tertiary/aromatic N) is 1. The average Bonchev–Trinajstić information content (AvgIpc) is 2.92. The van der Waals surface area contributed by atoms with Crippen molar-refractivity contribution in [2.45, 2.75) is 25.9 Å². The molecule has 1 aliphatic heterocycles. The quantitative estimate of drug-likeness (QED) is 0.764. The maximum absolute atomic E-state index is 12.6. The lowest BCUT2D eigenvalue weighted by molar-refractivity contribution is -0.126. The van der Waals surface area contributed by atoms with Gasteiger partial charge in [0.2, 0.25) is 5.91 Å². The van der Waals surface area contributed by atoms with Gasteiger partial charge < -0.3 is 10.1 Å². The average molecular weight is 366 g/mol. The molecule has 0 fully saturated rings. The SMILES string of the molecule is CC(C)(COCC(=O)NCc1ccccc1)N1C(=O)c2ccccc2C1=O. The van der Waals surface area contributed by atoms with Gasteiger partial charge in [0.15, 0.2) is 0 Å². The van der Waals surface area contributed by atoms with Crippen molar-refractivity contribution >= 4 is 17.7 Å². The van der Waals surface area contributed by atoms with Crippen LogP contribution in [0.1, 0.15) is 40.1 Å². The standard InChI is InChI=1S/C21H22N2O4/c1-21(2,23-19(25)16-10-6-7-11-17(16)20(23)26)14-27-13-18(24)22-12-15-8-4-3-5-9-15/h3-11H,12-14H2,1-2H3,(H,22,24). The Morgan fingerprint density at radius 3 is 2.11 bits per heavy atom. The summed E-state index contributed by atoms with van der Waals surface area (Å²) >= 11 is 0. The molecule has 0 saturated carbocycles. The van der Waals surface area contributed by atoms with E-state index in [-0.39, 0.29) is 30.9 Å². The summed E-state index contributed by atoms with van der Waals surface area (Å²) in [7, 11) is 0. The van der Waals surface area contributed by atoms with Crippen molar-refractivity contribution in [2.24, 2.45) is 0 Å². The smallest absolute Gasteiger partial charge is 0.262 e. The van der Waals surface area contributed by atoms with E-state index in [1.165, 1.54) is 4.90 Å². The number of carbonyl (C=O) groups excluding carboxylic acids is 3. The van der Waals surface area contributed by atoms with Gasteiger partial charge in [-0.2, -0.15) is 0 Å². The van der Waals surface area contributed by atoms with Gasteiger partial charge in [-0.05, 0) is 31.5 Å². The lowest BCUT2D eigenvalue weighted by atomic mass is 10.0. The van der Waals surface area contributed by atoms with Crippen LogP contribution in [0.15, 0.2) is 54.6 Å². The Balaban J connectivity index is 1.52. The fourth-order valence-electron chi connectivity index (χ4n) is 3.04. The second-order valence-electron chi connectivity index (χ2n) is 7.06. The number of fused-ring (bicyclic) bond motifs is 1. The zero-order valence-corrected chi connectivity index (χ0v) is 15.4. The third-order valence-electron chi connectivity index (χ3n) is 4.42. The fourth-order valence-corrected chi connectivity index (χ4v) is 3.04. The molecule has 0 aliphatic carbocycles. The van der Waals surface area contributed by atoms with Crippen LogP contribution in [0, 0.1) is 0 Å². The molecule has 3 amide bonds. The molecule has 27 heavy (non-hydrogen) atoms. The van der Waals surface area contributed by atoms with Gasteiger partial charge >= 0.3 is 0 Å². The van der Waals surface area contributed by atoms with Crippen molar-refractivity contribution in [3.8, 4) is 0 Å². The molecule has 2 aromatic rings. The van der Waals surface area contributed by atoms with E-state index >= 15 is 0 Å². The molecule has 1 aliphatic rings. The van der Waals surface area contributed by atoms with Crippen LogP contribution in [0.4, 0.5) is 0 Å². The highest BCUT2D eigenvalue weighted by Crippen LogP contribution is 2.29. The van der Waals surface area contributed by atoms with Crippen LogP contribution in [-0.4, -0.2) is 41.4 Å². The molecule has 3 rings (SSSR count). The Bertz CT molecular complexity index is 826. The van der Waals surface area contributed by atoms with Crippen molar-refractivity contribution in [3.63, 3.8) is 0 Å². The van der Waals surface area contributed by atoms with Gasteiger partial charge in [0.25, 0.3) is 11.8 Å². The topological polar surface area (TPSA) is 75.7 Å². The predicted octanol–water partition coefficient (Wildman–Crippen LogP) is 2.39. The van der Waals surface area contributed by atoms with E-state index in [0.29, 0.717) is 17.7 Å². The summed E-state index contributed by atoms with van der Waals surface area (Å²) in [5.74, 6) is -0.924. The molecule has 2 aromatic carbocycles. The summed E-state index contributed by atoms with van der Waals surface area (Å²) in [6, 6.07) is 16.3. The Kier molecular flexibility index (Phi) is 5.37. The number of imide groups is 1. The van der Waals surface area contributed by atoms with Gasteiger partial charge in [0, 0.05) is 6.54 Å². The summed E-state index contributed by atoms with van der Waals surface area (Å²) in [5.41, 5.74) is 0.928. The van der Waals surface area contributed by atoms with Crippen LogP contribution in [0.3, 0.4) is 0 Å². The van der Waals surface area contributed by atoms with Crippen LogP contribution < -0.4 is 5.32 Å². The number of rotatable bonds is 7. The molecule has 1 N–H and O–H groups in total. The predicted molar refractivity (Wildman–Crippen MR) is 100 cm³/mol. The Hall–Kier alpha value is -2.99. The minimum atomic E-state index is -0.868.